The average molecular weight is 371 g/mol. The molecule has 2 heterocycles. The van der Waals surface area contributed by atoms with Crippen molar-refractivity contribution in [1.29, 1.82) is 0 Å². The molecule has 0 aliphatic carbocycles. The first-order valence-electron chi connectivity index (χ1n) is 9.68. The molecule has 1 saturated heterocycles. The van der Waals surface area contributed by atoms with Crippen LogP contribution in [0.2, 0.25) is 0 Å². The number of rotatable bonds is 7. The van der Waals surface area contributed by atoms with E-state index in [1.165, 1.54) is 19.3 Å². The molecular formula is C21H29N3O3. The van der Waals surface area contributed by atoms with Gasteiger partial charge in [-0.2, -0.15) is 0 Å². The molecule has 1 aliphatic rings. The number of carbonyl (C=O) groups excluding carboxylic acids is 1. The summed E-state index contributed by atoms with van der Waals surface area (Å²) >= 11 is 0. The Bertz CT molecular complexity index is 749. The largest absolute Gasteiger partial charge is 0.497 e. The Labute approximate surface area is 160 Å². The summed E-state index contributed by atoms with van der Waals surface area (Å²) < 4.78 is 10.9. The molecule has 1 unspecified atom stereocenters. The van der Waals surface area contributed by atoms with Crippen molar-refractivity contribution in [3.63, 3.8) is 0 Å². The van der Waals surface area contributed by atoms with Gasteiger partial charge in [-0.3, -0.25) is 9.69 Å². The van der Waals surface area contributed by atoms with Crippen molar-refractivity contribution in [2.75, 3.05) is 26.7 Å². The lowest BCUT2D eigenvalue weighted by molar-refractivity contribution is -0.120. The summed E-state index contributed by atoms with van der Waals surface area (Å²) in [6.45, 7) is 6.95. The van der Waals surface area contributed by atoms with E-state index in [-0.39, 0.29) is 12.3 Å². The first-order chi connectivity index (χ1) is 13.1. The molecule has 6 heteroatoms. The second-order valence-electron chi connectivity index (χ2n) is 7.18. The molecule has 2 aromatic rings. The molecular weight excluding hydrogens is 342 g/mol. The third kappa shape index (κ3) is 5.10. The summed E-state index contributed by atoms with van der Waals surface area (Å²) in [7, 11) is 1.63. The Morgan fingerprint density at radius 3 is 2.63 bits per heavy atom. The molecule has 146 valence electrons. The zero-order chi connectivity index (χ0) is 19.2. The molecule has 1 amide bonds. The first kappa shape index (κ1) is 19.4. The van der Waals surface area contributed by atoms with Gasteiger partial charge in [0.05, 0.1) is 19.2 Å². The maximum absolute atomic E-state index is 12.4. The lowest BCUT2D eigenvalue weighted by Gasteiger charge is -2.32. The van der Waals surface area contributed by atoms with Gasteiger partial charge in [-0.15, -0.1) is 0 Å². The zero-order valence-corrected chi connectivity index (χ0v) is 16.5. The molecule has 27 heavy (non-hydrogen) atoms. The Morgan fingerprint density at radius 1 is 1.26 bits per heavy atom. The number of likely N-dealkylation sites (tertiary alicyclic amines) is 1. The molecule has 0 spiro atoms. The van der Waals surface area contributed by atoms with Gasteiger partial charge in [-0.25, -0.2) is 4.98 Å². The molecule has 1 aromatic carbocycles. The van der Waals surface area contributed by atoms with Crippen LogP contribution in [-0.2, 0) is 11.2 Å². The monoisotopic (exact) mass is 371 g/mol. The molecule has 1 atom stereocenters. The van der Waals surface area contributed by atoms with Gasteiger partial charge >= 0.3 is 0 Å². The molecule has 1 aromatic heterocycles. The first-order valence-corrected chi connectivity index (χ1v) is 9.68. The molecule has 0 radical (unpaired) electrons. The Balaban J connectivity index is 1.55. The number of carbonyl (C=O) groups is 1. The fourth-order valence-corrected chi connectivity index (χ4v) is 3.41. The number of oxazole rings is 1. The predicted molar refractivity (Wildman–Crippen MR) is 105 cm³/mol. The molecule has 3 rings (SSSR count). The average Bonchev–Trinajstić information content (AvgIpc) is 3.07. The number of aromatic nitrogens is 1. The van der Waals surface area contributed by atoms with Crippen LogP contribution in [0.3, 0.4) is 0 Å². The SMILES string of the molecule is COc1ccc(-c2nc(CC(=O)NCC(C)N3CCCCC3)c(C)o2)cc1. The number of nitrogens with zero attached hydrogens (tertiary/aromatic N) is 2. The lowest BCUT2D eigenvalue weighted by atomic mass is 10.1. The summed E-state index contributed by atoms with van der Waals surface area (Å²) in [5, 5.41) is 3.04. The van der Waals surface area contributed by atoms with Crippen LogP contribution in [0, 0.1) is 6.92 Å². The van der Waals surface area contributed by atoms with E-state index in [1.807, 2.05) is 31.2 Å². The van der Waals surface area contributed by atoms with Crippen LogP contribution in [0.5, 0.6) is 5.75 Å². The van der Waals surface area contributed by atoms with Gasteiger partial charge in [0.2, 0.25) is 11.8 Å². The molecule has 0 saturated carbocycles. The van der Waals surface area contributed by atoms with Crippen molar-refractivity contribution in [3.05, 3.63) is 35.7 Å². The van der Waals surface area contributed by atoms with Crippen molar-refractivity contribution in [1.82, 2.24) is 15.2 Å². The minimum absolute atomic E-state index is 0.0171. The van der Waals surface area contributed by atoms with Gasteiger partial charge in [0, 0.05) is 18.2 Å². The highest BCUT2D eigenvalue weighted by atomic mass is 16.5. The number of hydrogen-bond acceptors (Lipinski definition) is 5. The normalized spacial score (nSPS) is 16.1. The maximum Gasteiger partial charge on any atom is 0.226 e. The van der Waals surface area contributed by atoms with E-state index in [1.54, 1.807) is 7.11 Å². The Kier molecular flexibility index (Phi) is 6.50. The summed E-state index contributed by atoms with van der Waals surface area (Å²) in [5.41, 5.74) is 1.55. The van der Waals surface area contributed by atoms with Crippen LogP contribution in [0.25, 0.3) is 11.5 Å². The van der Waals surface area contributed by atoms with Gasteiger partial charge < -0.3 is 14.5 Å². The molecule has 1 aliphatic heterocycles. The zero-order valence-electron chi connectivity index (χ0n) is 16.5. The van der Waals surface area contributed by atoms with E-state index in [4.69, 9.17) is 9.15 Å². The Morgan fingerprint density at radius 2 is 1.96 bits per heavy atom. The van der Waals surface area contributed by atoms with Crippen molar-refractivity contribution in [3.8, 4) is 17.2 Å². The van der Waals surface area contributed by atoms with Crippen LogP contribution in [0.15, 0.2) is 28.7 Å². The third-order valence-corrected chi connectivity index (χ3v) is 5.17. The van der Waals surface area contributed by atoms with Crippen LogP contribution in [0.4, 0.5) is 0 Å². The molecule has 1 N–H and O–H groups in total. The molecule has 0 bridgehead atoms. The van der Waals surface area contributed by atoms with Crippen molar-refractivity contribution in [2.45, 2.75) is 45.6 Å². The van der Waals surface area contributed by atoms with E-state index in [0.29, 0.717) is 29.9 Å². The smallest absolute Gasteiger partial charge is 0.226 e. The van der Waals surface area contributed by atoms with E-state index in [9.17, 15) is 4.79 Å². The fraction of sp³-hybridized carbons (Fsp3) is 0.524. The van der Waals surface area contributed by atoms with Gasteiger partial charge in [-0.05, 0) is 64.0 Å². The van der Waals surface area contributed by atoms with Gasteiger partial charge in [0.15, 0.2) is 0 Å². The number of methoxy groups -OCH3 is 1. The second kappa shape index (κ2) is 9.04. The number of ether oxygens (including phenoxy) is 1. The van der Waals surface area contributed by atoms with Crippen LogP contribution in [0.1, 0.15) is 37.6 Å². The maximum atomic E-state index is 12.4. The summed E-state index contributed by atoms with van der Waals surface area (Å²) in [4.78, 5) is 19.3. The number of piperidine rings is 1. The molecule has 6 nitrogen and oxygen atoms in total. The van der Waals surface area contributed by atoms with Gasteiger partial charge in [-0.1, -0.05) is 6.42 Å². The van der Waals surface area contributed by atoms with E-state index in [2.05, 4.69) is 22.1 Å². The van der Waals surface area contributed by atoms with Gasteiger partial charge in [0.1, 0.15) is 11.5 Å². The quantitative estimate of drug-likeness (QED) is 0.810. The number of aryl methyl sites for hydroxylation is 1. The number of nitrogens with one attached hydrogen (secondary N) is 1. The summed E-state index contributed by atoms with van der Waals surface area (Å²) in [6.07, 6.45) is 4.06. The molecule has 1 fully saturated rings. The van der Waals surface area contributed by atoms with Crippen molar-refractivity contribution < 1.29 is 13.9 Å². The van der Waals surface area contributed by atoms with E-state index >= 15 is 0 Å². The second-order valence-corrected chi connectivity index (χ2v) is 7.18. The van der Waals surface area contributed by atoms with Crippen LogP contribution >= 0.6 is 0 Å². The highest BCUT2D eigenvalue weighted by Crippen LogP contribution is 2.24. The van der Waals surface area contributed by atoms with Crippen LogP contribution < -0.4 is 10.1 Å². The van der Waals surface area contributed by atoms with Gasteiger partial charge in [0.25, 0.3) is 0 Å². The summed E-state index contributed by atoms with van der Waals surface area (Å²) in [5.74, 6) is 1.97. The highest BCUT2D eigenvalue weighted by Gasteiger charge is 2.19. The number of benzene rings is 1. The highest BCUT2D eigenvalue weighted by molar-refractivity contribution is 5.78. The van der Waals surface area contributed by atoms with Crippen molar-refractivity contribution in [2.24, 2.45) is 0 Å². The Hall–Kier alpha value is -2.34. The minimum Gasteiger partial charge on any atom is -0.497 e. The van der Waals surface area contributed by atoms with E-state index in [0.717, 1.165) is 24.4 Å². The predicted octanol–water partition coefficient (Wildman–Crippen LogP) is 3.19. The standard InChI is InChI=1S/C21H29N3O3/c1-15(24-11-5-4-6-12-24)14-22-20(25)13-19-16(2)27-21(23-19)17-7-9-18(26-3)10-8-17/h7-10,15H,4-6,11-14H2,1-3H3,(H,22,25). The minimum atomic E-state index is -0.0171. The lowest BCUT2D eigenvalue weighted by Crippen LogP contribution is -2.44. The third-order valence-electron chi connectivity index (χ3n) is 5.17. The number of amides is 1. The van der Waals surface area contributed by atoms with Crippen LogP contribution in [-0.4, -0.2) is 48.6 Å². The van der Waals surface area contributed by atoms with Crippen molar-refractivity contribution >= 4 is 5.91 Å². The fourth-order valence-electron chi connectivity index (χ4n) is 3.41. The topological polar surface area (TPSA) is 67.6 Å². The summed E-state index contributed by atoms with van der Waals surface area (Å²) in [6, 6.07) is 7.89. The van der Waals surface area contributed by atoms with E-state index < -0.39 is 0 Å². The number of hydrogen-bond donors (Lipinski definition) is 1.